The predicted molar refractivity (Wildman–Crippen MR) is 249 cm³/mol. The van der Waals surface area contributed by atoms with Crippen molar-refractivity contribution in [2.45, 2.75) is 293 Å². The van der Waals surface area contributed by atoms with Gasteiger partial charge in [-0.2, -0.15) is 0 Å². The molecule has 4 unspecified atom stereocenters. The highest BCUT2D eigenvalue weighted by molar-refractivity contribution is 5.76. The summed E-state index contributed by atoms with van der Waals surface area (Å²) in [6.45, 7) is 2.86. The van der Waals surface area contributed by atoms with E-state index < -0.39 is 86.8 Å². The maximum Gasteiger partial charge on any atom is 0.220 e. The van der Waals surface area contributed by atoms with Crippen molar-refractivity contribution in [3.8, 4) is 0 Å². The lowest BCUT2D eigenvalue weighted by atomic mass is 9.97. The normalized spacial score (nSPS) is 27.2. The van der Waals surface area contributed by atoms with Crippen LogP contribution in [-0.2, 0) is 23.7 Å². The molecule has 0 bridgehead atoms. The van der Waals surface area contributed by atoms with Crippen LogP contribution in [0, 0.1) is 0 Å². The van der Waals surface area contributed by atoms with Crippen LogP contribution < -0.4 is 5.32 Å². The fourth-order valence-corrected chi connectivity index (χ4v) is 9.00. The van der Waals surface area contributed by atoms with Crippen LogP contribution in [0.1, 0.15) is 219 Å². The van der Waals surface area contributed by atoms with E-state index in [9.17, 15) is 45.6 Å². The Labute approximate surface area is 387 Å². The standard InChI is InChI=1S/C50H97NO13/c1-3-5-7-9-11-13-15-17-18-19-20-22-24-26-28-30-32-34-42(55)51-38(39(54)33-31-29-27-25-23-21-16-14-12-10-8-6-4-2)37-61-49-47(60)45(58)48(41(36-53)63-49)64-50-46(59)44(57)43(56)40(35-52)62-50/h38-41,43-50,52-54,56-60H,3-37H2,1-2H3,(H,51,55)/t38-,39+,40?,41?,43-,44-,45+,46?,47?,48+,49+,50-/m0/s1. The Morgan fingerprint density at radius 2 is 0.891 bits per heavy atom. The predicted octanol–water partition coefficient (Wildman–Crippen LogP) is 7.00. The molecule has 9 N–H and O–H groups in total. The van der Waals surface area contributed by atoms with E-state index in [0.29, 0.717) is 12.8 Å². The van der Waals surface area contributed by atoms with Crippen molar-refractivity contribution in [3.63, 3.8) is 0 Å². The molecule has 2 fully saturated rings. The topological polar surface area (TPSA) is 228 Å². The summed E-state index contributed by atoms with van der Waals surface area (Å²) in [6.07, 6.45) is 21.0. The highest BCUT2D eigenvalue weighted by atomic mass is 16.7. The van der Waals surface area contributed by atoms with Gasteiger partial charge in [0.05, 0.1) is 32.0 Å². The van der Waals surface area contributed by atoms with Crippen molar-refractivity contribution in [3.05, 3.63) is 0 Å². The third kappa shape index (κ3) is 24.8. The average Bonchev–Trinajstić information content (AvgIpc) is 3.29. The van der Waals surface area contributed by atoms with Crippen molar-refractivity contribution in [2.24, 2.45) is 0 Å². The van der Waals surface area contributed by atoms with Gasteiger partial charge in [-0.3, -0.25) is 4.79 Å². The molecule has 0 aliphatic carbocycles. The van der Waals surface area contributed by atoms with Crippen LogP contribution in [0.15, 0.2) is 0 Å². The van der Waals surface area contributed by atoms with Crippen LogP contribution in [0.3, 0.4) is 0 Å². The lowest BCUT2D eigenvalue weighted by Gasteiger charge is -2.46. The number of aliphatic hydroxyl groups is 8. The van der Waals surface area contributed by atoms with Crippen LogP contribution in [0.2, 0.25) is 0 Å². The smallest absolute Gasteiger partial charge is 0.220 e. The fourth-order valence-electron chi connectivity index (χ4n) is 9.00. The maximum atomic E-state index is 13.2. The number of aliphatic hydroxyl groups excluding tert-OH is 8. The van der Waals surface area contributed by atoms with E-state index in [1.807, 2.05) is 0 Å². The summed E-state index contributed by atoms with van der Waals surface area (Å²) in [4.78, 5) is 13.2. The summed E-state index contributed by atoms with van der Waals surface area (Å²) in [7, 11) is 0. The average molecular weight is 920 g/mol. The first kappa shape index (κ1) is 59.1. The molecule has 2 saturated heterocycles. The third-order valence-electron chi connectivity index (χ3n) is 13.3. The molecule has 0 aromatic rings. The van der Waals surface area contributed by atoms with Gasteiger partial charge < -0.3 is 65.1 Å². The SMILES string of the molecule is CCCCCCCCCCCCCCCCCCCC(=O)N[C@@H](CO[C@@H]1OC(CO)[C@@H](O[C@@H]2OC(CO)[C@H](O)[C@H](O)C2O)[C@H](O)C1O)[C@H](O)CCCCCCCCCCCCCCC. The molecule has 0 aromatic heterocycles. The van der Waals surface area contributed by atoms with Crippen LogP contribution in [0.4, 0.5) is 0 Å². The molecule has 1 amide bonds. The Balaban J connectivity index is 1.81. The van der Waals surface area contributed by atoms with E-state index in [0.717, 1.165) is 51.4 Å². The molecule has 12 atom stereocenters. The molecule has 0 aromatic carbocycles. The minimum absolute atomic E-state index is 0.203. The lowest BCUT2D eigenvalue weighted by molar-refractivity contribution is -0.359. The van der Waals surface area contributed by atoms with Crippen molar-refractivity contribution in [2.75, 3.05) is 19.8 Å². The number of nitrogens with one attached hydrogen (secondary N) is 1. The number of ether oxygens (including phenoxy) is 4. The van der Waals surface area contributed by atoms with Gasteiger partial charge in [0.25, 0.3) is 0 Å². The summed E-state index contributed by atoms with van der Waals surface area (Å²) in [6, 6.07) is -0.820. The second-order valence-electron chi connectivity index (χ2n) is 19.0. The van der Waals surface area contributed by atoms with E-state index in [2.05, 4.69) is 19.2 Å². The molecule has 14 heteroatoms. The van der Waals surface area contributed by atoms with Gasteiger partial charge in [-0.15, -0.1) is 0 Å². The number of carbonyl (C=O) groups is 1. The van der Waals surface area contributed by atoms with Crippen LogP contribution >= 0.6 is 0 Å². The Morgan fingerprint density at radius 3 is 1.33 bits per heavy atom. The number of amides is 1. The summed E-state index contributed by atoms with van der Waals surface area (Å²) < 4.78 is 22.8. The molecule has 2 aliphatic heterocycles. The van der Waals surface area contributed by atoms with Crippen molar-refractivity contribution in [1.82, 2.24) is 5.32 Å². The zero-order valence-corrected chi connectivity index (χ0v) is 40.3. The van der Waals surface area contributed by atoms with Gasteiger partial charge in [0, 0.05) is 6.42 Å². The van der Waals surface area contributed by atoms with Gasteiger partial charge in [0.1, 0.15) is 48.8 Å². The first-order valence-electron chi connectivity index (χ1n) is 26.3. The van der Waals surface area contributed by atoms with E-state index >= 15 is 0 Å². The third-order valence-corrected chi connectivity index (χ3v) is 13.3. The van der Waals surface area contributed by atoms with Crippen LogP contribution in [0.25, 0.3) is 0 Å². The molecule has 2 rings (SSSR count). The molecule has 2 aliphatic rings. The van der Waals surface area contributed by atoms with Gasteiger partial charge in [0.2, 0.25) is 5.91 Å². The molecule has 64 heavy (non-hydrogen) atoms. The summed E-state index contributed by atoms with van der Waals surface area (Å²) in [5.74, 6) is -0.203. The molecular weight excluding hydrogens is 823 g/mol. The Kier molecular flexibility index (Phi) is 35.0. The van der Waals surface area contributed by atoms with Crippen molar-refractivity contribution >= 4 is 5.91 Å². The summed E-state index contributed by atoms with van der Waals surface area (Å²) in [5.41, 5.74) is 0. The Bertz CT molecular complexity index is 1090. The quantitative estimate of drug-likeness (QED) is 0.0282. The molecule has 0 saturated carbocycles. The number of carbonyl (C=O) groups excluding carboxylic acids is 1. The molecule has 380 valence electrons. The second-order valence-corrected chi connectivity index (χ2v) is 19.0. The highest BCUT2D eigenvalue weighted by Crippen LogP contribution is 2.30. The summed E-state index contributed by atoms with van der Waals surface area (Å²) >= 11 is 0. The summed E-state index contributed by atoms with van der Waals surface area (Å²) in [5, 5.41) is 86.9. The number of unbranched alkanes of at least 4 members (excludes halogenated alkanes) is 28. The second kappa shape index (κ2) is 37.9. The zero-order valence-electron chi connectivity index (χ0n) is 40.3. The van der Waals surface area contributed by atoms with Gasteiger partial charge in [-0.25, -0.2) is 0 Å². The van der Waals surface area contributed by atoms with E-state index in [1.54, 1.807) is 0 Å². The van der Waals surface area contributed by atoms with Gasteiger partial charge in [-0.1, -0.05) is 200 Å². The molecular formula is C50H97NO13. The minimum Gasteiger partial charge on any atom is -0.394 e. The highest BCUT2D eigenvalue weighted by Gasteiger charge is 2.51. The maximum absolute atomic E-state index is 13.2. The van der Waals surface area contributed by atoms with Gasteiger partial charge >= 0.3 is 0 Å². The Morgan fingerprint density at radius 1 is 0.500 bits per heavy atom. The first-order valence-corrected chi connectivity index (χ1v) is 26.3. The van der Waals surface area contributed by atoms with Gasteiger partial charge in [0.15, 0.2) is 12.6 Å². The van der Waals surface area contributed by atoms with Crippen LogP contribution in [0.5, 0.6) is 0 Å². The largest absolute Gasteiger partial charge is 0.394 e. The minimum atomic E-state index is -1.78. The van der Waals surface area contributed by atoms with Crippen LogP contribution in [-0.4, -0.2) is 140 Å². The monoisotopic (exact) mass is 920 g/mol. The number of rotatable bonds is 41. The van der Waals surface area contributed by atoms with Gasteiger partial charge in [-0.05, 0) is 12.8 Å². The zero-order chi connectivity index (χ0) is 46.8. The molecule has 0 spiro atoms. The van der Waals surface area contributed by atoms with Crippen molar-refractivity contribution < 1.29 is 64.6 Å². The number of hydrogen-bond acceptors (Lipinski definition) is 13. The number of hydrogen-bond donors (Lipinski definition) is 9. The molecule has 0 radical (unpaired) electrons. The van der Waals surface area contributed by atoms with Crippen molar-refractivity contribution in [1.29, 1.82) is 0 Å². The van der Waals surface area contributed by atoms with E-state index in [-0.39, 0.29) is 12.5 Å². The molecule has 14 nitrogen and oxygen atoms in total. The Hall–Kier alpha value is -1.01. The first-order chi connectivity index (χ1) is 31.1. The lowest BCUT2D eigenvalue weighted by Crippen LogP contribution is -2.65. The fraction of sp³-hybridized carbons (Fsp3) is 0.980. The molecule has 2 heterocycles. The van der Waals surface area contributed by atoms with E-state index in [4.69, 9.17) is 18.9 Å². The van der Waals surface area contributed by atoms with E-state index in [1.165, 1.54) is 141 Å².